The summed E-state index contributed by atoms with van der Waals surface area (Å²) in [5, 5.41) is 28.6. The van der Waals surface area contributed by atoms with Crippen molar-refractivity contribution in [3.8, 4) is 6.07 Å². The van der Waals surface area contributed by atoms with Crippen LogP contribution < -0.4 is 4.90 Å². The van der Waals surface area contributed by atoms with Crippen LogP contribution in [0.4, 0.5) is 11.5 Å². The van der Waals surface area contributed by atoms with Gasteiger partial charge in [-0.25, -0.2) is 4.98 Å². The van der Waals surface area contributed by atoms with Crippen molar-refractivity contribution in [1.82, 2.24) is 4.98 Å². The number of hydrogen-bond acceptors (Lipinski definition) is 6. The number of pyridine rings is 1. The normalized spacial score (nSPS) is 11.4. The van der Waals surface area contributed by atoms with E-state index in [1.54, 1.807) is 18.7 Å². The SMILES string of the molecule is CCN(CC(C)C(=O)O)c1ncc([N+](=O)[O-])cc1C#N. The lowest BCUT2D eigenvalue weighted by atomic mass is 10.1. The minimum absolute atomic E-state index is 0.0543. The fourth-order valence-corrected chi connectivity index (χ4v) is 1.65. The standard InChI is InChI=1S/C12H14N4O4/c1-3-15(7-8(2)12(17)18)11-9(5-13)4-10(6-14-11)16(19)20/h4,6,8H,3,7H2,1-2H3,(H,17,18). The van der Waals surface area contributed by atoms with E-state index in [0.717, 1.165) is 12.3 Å². The van der Waals surface area contributed by atoms with Crippen LogP contribution in [0, 0.1) is 27.4 Å². The molecule has 0 amide bonds. The van der Waals surface area contributed by atoms with Crippen LogP contribution in [0.1, 0.15) is 19.4 Å². The van der Waals surface area contributed by atoms with Crippen molar-refractivity contribution in [2.75, 3.05) is 18.0 Å². The smallest absolute Gasteiger partial charge is 0.308 e. The molecule has 1 N–H and O–H groups in total. The summed E-state index contributed by atoms with van der Waals surface area (Å²) >= 11 is 0. The highest BCUT2D eigenvalue weighted by molar-refractivity contribution is 5.70. The van der Waals surface area contributed by atoms with Crippen molar-refractivity contribution in [3.63, 3.8) is 0 Å². The maximum Gasteiger partial charge on any atom is 0.308 e. The van der Waals surface area contributed by atoms with E-state index in [1.165, 1.54) is 0 Å². The van der Waals surface area contributed by atoms with E-state index in [2.05, 4.69) is 4.98 Å². The number of aliphatic carboxylic acids is 1. The molecule has 8 heteroatoms. The molecular weight excluding hydrogens is 264 g/mol. The molecule has 1 rings (SSSR count). The lowest BCUT2D eigenvalue weighted by molar-refractivity contribution is -0.385. The minimum Gasteiger partial charge on any atom is -0.481 e. The van der Waals surface area contributed by atoms with E-state index >= 15 is 0 Å². The van der Waals surface area contributed by atoms with Crippen LogP contribution in [0.25, 0.3) is 0 Å². The Morgan fingerprint density at radius 3 is 2.80 bits per heavy atom. The third kappa shape index (κ3) is 3.41. The van der Waals surface area contributed by atoms with E-state index in [1.807, 2.05) is 6.07 Å². The summed E-state index contributed by atoms with van der Waals surface area (Å²) in [6, 6.07) is 2.99. The van der Waals surface area contributed by atoms with Gasteiger partial charge >= 0.3 is 5.97 Å². The van der Waals surface area contributed by atoms with Gasteiger partial charge in [0.05, 0.1) is 10.8 Å². The van der Waals surface area contributed by atoms with Crippen LogP contribution in [0.2, 0.25) is 0 Å². The Balaban J connectivity index is 3.13. The Morgan fingerprint density at radius 1 is 1.70 bits per heavy atom. The minimum atomic E-state index is -0.955. The van der Waals surface area contributed by atoms with Crippen LogP contribution in [0.15, 0.2) is 12.3 Å². The molecule has 106 valence electrons. The Labute approximate surface area is 115 Å². The Bertz CT molecular complexity index is 567. The van der Waals surface area contributed by atoms with Gasteiger partial charge < -0.3 is 10.0 Å². The average Bonchev–Trinajstić information content (AvgIpc) is 2.43. The molecule has 0 radical (unpaired) electrons. The second-order valence-corrected chi connectivity index (χ2v) is 4.21. The Kier molecular flexibility index (Phi) is 4.97. The number of anilines is 1. The molecule has 8 nitrogen and oxygen atoms in total. The van der Waals surface area contributed by atoms with Crippen molar-refractivity contribution in [3.05, 3.63) is 27.9 Å². The van der Waals surface area contributed by atoms with Crippen molar-refractivity contribution >= 4 is 17.5 Å². The van der Waals surface area contributed by atoms with Gasteiger partial charge in [0, 0.05) is 19.2 Å². The van der Waals surface area contributed by atoms with Crippen LogP contribution in [-0.4, -0.2) is 34.1 Å². The lowest BCUT2D eigenvalue weighted by Crippen LogP contribution is -2.32. The van der Waals surface area contributed by atoms with Crippen LogP contribution in [-0.2, 0) is 4.79 Å². The number of aromatic nitrogens is 1. The third-order valence-electron chi connectivity index (χ3n) is 2.78. The predicted molar refractivity (Wildman–Crippen MR) is 70.3 cm³/mol. The number of nitriles is 1. The van der Waals surface area contributed by atoms with E-state index < -0.39 is 16.8 Å². The van der Waals surface area contributed by atoms with Crippen molar-refractivity contribution < 1.29 is 14.8 Å². The molecule has 1 atom stereocenters. The molecule has 0 aliphatic carbocycles. The van der Waals surface area contributed by atoms with Gasteiger partial charge in [0.25, 0.3) is 5.69 Å². The highest BCUT2D eigenvalue weighted by Gasteiger charge is 2.20. The van der Waals surface area contributed by atoms with Crippen molar-refractivity contribution in [2.45, 2.75) is 13.8 Å². The largest absolute Gasteiger partial charge is 0.481 e. The van der Waals surface area contributed by atoms with Crippen LogP contribution >= 0.6 is 0 Å². The first-order valence-corrected chi connectivity index (χ1v) is 5.93. The molecule has 20 heavy (non-hydrogen) atoms. The molecule has 0 saturated carbocycles. The number of carboxylic acid groups (broad SMARTS) is 1. The van der Waals surface area contributed by atoms with Gasteiger partial charge in [-0.05, 0) is 6.92 Å². The van der Waals surface area contributed by atoms with E-state index in [0.29, 0.717) is 6.54 Å². The Hall–Kier alpha value is -2.69. The lowest BCUT2D eigenvalue weighted by Gasteiger charge is -2.24. The first-order chi connectivity index (χ1) is 9.40. The van der Waals surface area contributed by atoms with E-state index in [4.69, 9.17) is 10.4 Å². The maximum absolute atomic E-state index is 10.9. The number of hydrogen-bond donors (Lipinski definition) is 1. The van der Waals surface area contributed by atoms with Crippen LogP contribution in [0.3, 0.4) is 0 Å². The summed E-state index contributed by atoms with van der Waals surface area (Å²) < 4.78 is 0. The second kappa shape index (κ2) is 6.47. The summed E-state index contributed by atoms with van der Waals surface area (Å²) in [6.45, 7) is 3.95. The van der Waals surface area contributed by atoms with Crippen molar-refractivity contribution in [2.24, 2.45) is 5.92 Å². The summed E-state index contributed by atoms with van der Waals surface area (Å²) in [4.78, 5) is 26.4. The summed E-state index contributed by atoms with van der Waals surface area (Å²) in [5.41, 5.74) is -0.216. The predicted octanol–water partition coefficient (Wildman–Crippen LogP) is 1.41. The zero-order valence-electron chi connectivity index (χ0n) is 11.1. The van der Waals surface area contributed by atoms with Gasteiger partial charge in [-0.3, -0.25) is 14.9 Å². The molecule has 0 bridgehead atoms. The molecule has 0 spiro atoms. The zero-order valence-corrected chi connectivity index (χ0v) is 11.1. The van der Waals surface area contributed by atoms with E-state index in [9.17, 15) is 14.9 Å². The van der Waals surface area contributed by atoms with Gasteiger partial charge in [0.2, 0.25) is 0 Å². The highest BCUT2D eigenvalue weighted by atomic mass is 16.6. The fraction of sp³-hybridized carbons (Fsp3) is 0.417. The summed E-state index contributed by atoms with van der Waals surface area (Å²) in [5.74, 6) is -1.34. The monoisotopic (exact) mass is 278 g/mol. The quantitative estimate of drug-likeness (QED) is 0.616. The van der Waals surface area contributed by atoms with Gasteiger partial charge in [-0.1, -0.05) is 6.92 Å². The topological polar surface area (TPSA) is 120 Å². The molecule has 0 aromatic carbocycles. The third-order valence-corrected chi connectivity index (χ3v) is 2.78. The van der Waals surface area contributed by atoms with Crippen LogP contribution in [0.5, 0.6) is 0 Å². The molecule has 1 aromatic heterocycles. The summed E-state index contributed by atoms with van der Waals surface area (Å²) in [7, 11) is 0. The Morgan fingerprint density at radius 2 is 2.35 bits per heavy atom. The molecule has 0 saturated heterocycles. The highest BCUT2D eigenvalue weighted by Crippen LogP contribution is 2.22. The zero-order chi connectivity index (χ0) is 15.3. The summed E-state index contributed by atoms with van der Waals surface area (Å²) in [6.07, 6.45) is 1.06. The molecule has 0 aliphatic heterocycles. The van der Waals surface area contributed by atoms with Crippen molar-refractivity contribution in [1.29, 1.82) is 5.26 Å². The first kappa shape index (κ1) is 15.4. The molecule has 1 unspecified atom stereocenters. The van der Waals surface area contributed by atoms with Gasteiger partial charge in [-0.15, -0.1) is 0 Å². The number of nitrogens with zero attached hydrogens (tertiary/aromatic N) is 4. The molecule has 0 aliphatic rings. The van der Waals surface area contributed by atoms with Gasteiger partial charge in [0.1, 0.15) is 23.6 Å². The molecule has 0 fully saturated rings. The van der Waals surface area contributed by atoms with Gasteiger partial charge in [0.15, 0.2) is 0 Å². The second-order valence-electron chi connectivity index (χ2n) is 4.21. The first-order valence-electron chi connectivity index (χ1n) is 5.93. The maximum atomic E-state index is 10.9. The number of carbonyl (C=O) groups is 1. The number of nitro groups is 1. The number of carboxylic acids is 1. The number of rotatable bonds is 6. The molecule has 1 heterocycles. The van der Waals surface area contributed by atoms with Gasteiger partial charge in [-0.2, -0.15) is 5.26 Å². The van der Waals surface area contributed by atoms with E-state index in [-0.39, 0.29) is 23.6 Å². The molecular formula is C12H14N4O4. The molecule has 1 aromatic rings. The fourth-order valence-electron chi connectivity index (χ4n) is 1.65. The average molecular weight is 278 g/mol.